The molecule has 0 aromatic heterocycles. The summed E-state index contributed by atoms with van der Waals surface area (Å²) < 4.78 is 5.13. The van der Waals surface area contributed by atoms with Crippen LogP contribution in [0, 0.1) is 0 Å². The van der Waals surface area contributed by atoms with Crippen LogP contribution in [0.5, 0.6) is 0 Å². The van der Waals surface area contributed by atoms with Crippen LogP contribution in [-0.2, 0) is 4.74 Å². The van der Waals surface area contributed by atoms with Crippen molar-refractivity contribution in [2.45, 2.75) is 43.9 Å². The fourth-order valence-corrected chi connectivity index (χ4v) is 2.55. The van der Waals surface area contributed by atoms with Crippen molar-refractivity contribution in [1.29, 1.82) is 0 Å². The van der Waals surface area contributed by atoms with Crippen LogP contribution in [0.1, 0.15) is 25.7 Å². The number of rotatable bonds is 3. The Balaban J connectivity index is 1.75. The second-order valence-corrected chi connectivity index (χ2v) is 4.92. The quantitative estimate of drug-likeness (QED) is 0.727. The topological polar surface area (TPSA) is 67.6 Å². The molecule has 1 amide bonds. The van der Waals surface area contributed by atoms with E-state index in [9.17, 15) is 4.79 Å². The zero-order valence-electron chi connectivity index (χ0n) is 9.82. The summed E-state index contributed by atoms with van der Waals surface area (Å²) in [7, 11) is 2.10. The Labute approximate surface area is 96.3 Å². The lowest BCUT2D eigenvalue weighted by Gasteiger charge is -2.34. The molecule has 0 bridgehead atoms. The Bertz CT molecular complexity index is 252. The third kappa shape index (κ3) is 2.86. The summed E-state index contributed by atoms with van der Waals surface area (Å²) >= 11 is 0. The van der Waals surface area contributed by atoms with E-state index in [0.29, 0.717) is 18.6 Å². The van der Waals surface area contributed by atoms with E-state index >= 15 is 0 Å². The van der Waals surface area contributed by atoms with Crippen molar-refractivity contribution in [1.82, 2.24) is 10.2 Å². The third-order valence-electron chi connectivity index (χ3n) is 3.60. The number of amides is 1. The normalized spacial score (nSPS) is 34.9. The predicted molar refractivity (Wildman–Crippen MR) is 61.1 cm³/mol. The van der Waals surface area contributed by atoms with Crippen molar-refractivity contribution < 1.29 is 9.53 Å². The molecule has 5 heteroatoms. The van der Waals surface area contributed by atoms with Crippen LogP contribution in [0.2, 0.25) is 0 Å². The molecule has 2 fully saturated rings. The first-order valence-corrected chi connectivity index (χ1v) is 6.05. The number of hydrogen-bond donors (Lipinski definition) is 2. The fourth-order valence-electron chi connectivity index (χ4n) is 2.55. The highest BCUT2D eigenvalue weighted by Gasteiger charge is 2.28. The summed E-state index contributed by atoms with van der Waals surface area (Å²) in [5.41, 5.74) is 5.88. The van der Waals surface area contributed by atoms with Gasteiger partial charge in [0.1, 0.15) is 6.10 Å². The number of likely N-dealkylation sites (N-methyl/N-ethyl adjacent to an activating group) is 1. The lowest BCUT2D eigenvalue weighted by Crippen LogP contribution is -2.42. The Morgan fingerprint density at radius 1 is 1.44 bits per heavy atom. The molecule has 3 N–H and O–H groups in total. The van der Waals surface area contributed by atoms with Crippen LogP contribution in [0.25, 0.3) is 0 Å². The van der Waals surface area contributed by atoms with E-state index in [2.05, 4.69) is 17.3 Å². The molecule has 0 aromatic carbocycles. The molecule has 16 heavy (non-hydrogen) atoms. The highest BCUT2D eigenvalue weighted by atomic mass is 16.6. The molecule has 1 heterocycles. The SMILES string of the molecule is CN(CC1CNC(=O)O1)C1CCC(N)CC1. The first-order chi connectivity index (χ1) is 7.65. The molecule has 5 nitrogen and oxygen atoms in total. The molecule has 1 saturated heterocycles. The van der Waals surface area contributed by atoms with E-state index in [0.717, 1.165) is 32.2 Å². The van der Waals surface area contributed by atoms with Gasteiger partial charge in [-0.05, 0) is 32.7 Å². The van der Waals surface area contributed by atoms with Gasteiger partial charge in [-0.2, -0.15) is 0 Å². The summed E-state index contributed by atoms with van der Waals surface area (Å²) in [4.78, 5) is 13.2. The summed E-state index contributed by atoms with van der Waals surface area (Å²) in [6.45, 7) is 1.45. The predicted octanol–water partition coefficient (Wildman–Crippen LogP) is 0.296. The molecule has 0 spiro atoms. The van der Waals surface area contributed by atoms with Crippen molar-refractivity contribution in [2.75, 3.05) is 20.1 Å². The van der Waals surface area contributed by atoms with Gasteiger partial charge in [0.05, 0.1) is 6.54 Å². The smallest absolute Gasteiger partial charge is 0.407 e. The molecule has 2 aliphatic rings. The molecule has 0 radical (unpaired) electrons. The van der Waals surface area contributed by atoms with E-state index < -0.39 is 0 Å². The van der Waals surface area contributed by atoms with Crippen molar-refractivity contribution in [3.8, 4) is 0 Å². The van der Waals surface area contributed by atoms with Crippen molar-refractivity contribution in [3.63, 3.8) is 0 Å². The van der Waals surface area contributed by atoms with E-state index in [-0.39, 0.29) is 12.2 Å². The minimum Gasteiger partial charge on any atom is -0.443 e. The minimum atomic E-state index is -0.288. The molecule has 1 atom stereocenters. The molecular formula is C11H21N3O2. The Morgan fingerprint density at radius 3 is 2.69 bits per heavy atom. The number of nitrogens with two attached hydrogens (primary N) is 1. The maximum atomic E-state index is 10.9. The highest BCUT2D eigenvalue weighted by molar-refractivity contribution is 5.69. The molecule has 0 aromatic rings. The van der Waals surface area contributed by atoms with Crippen LogP contribution in [0.3, 0.4) is 0 Å². The van der Waals surface area contributed by atoms with Crippen LogP contribution in [-0.4, -0.2) is 49.3 Å². The van der Waals surface area contributed by atoms with E-state index in [1.54, 1.807) is 0 Å². The Kier molecular flexibility index (Phi) is 3.66. The van der Waals surface area contributed by atoms with Gasteiger partial charge in [0.15, 0.2) is 0 Å². The van der Waals surface area contributed by atoms with Gasteiger partial charge in [0, 0.05) is 18.6 Å². The molecule has 1 saturated carbocycles. The number of cyclic esters (lactones) is 1. The second-order valence-electron chi connectivity index (χ2n) is 4.92. The van der Waals surface area contributed by atoms with E-state index in [1.165, 1.54) is 0 Å². The molecule has 92 valence electrons. The first-order valence-electron chi connectivity index (χ1n) is 6.05. The maximum Gasteiger partial charge on any atom is 0.407 e. The molecule has 1 unspecified atom stereocenters. The molecule has 2 rings (SSSR count). The van der Waals surface area contributed by atoms with Crippen molar-refractivity contribution in [3.05, 3.63) is 0 Å². The minimum absolute atomic E-state index is 0.00750. The Hall–Kier alpha value is -0.810. The third-order valence-corrected chi connectivity index (χ3v) is 3.60. The number of carbonyl (C=O) groups is 1. The Morgan fingerprint density at radius 2 is 2.12 bits per heavy atom. The second kappa shape index (κ2) is 5.01. The van der Waals surface area contributed by atoms with Gasteiger partial charge in [-0.3, -0.25) is 4.90 Å². The molecule has 1 aliphatic carbocycles. The van der Waals surface area contributed by atoms with Gasteiger partial charge in [0.2, 0.25) is 0 Å². The standard InChI is InChI=1S/C11H21N3O2/c1-14(7-10-6-13-11(15)16-10)9-4-2-8(12)3-5-9/h8-10H,2-7,12H2,1H3,(H,13,15). The van der Waals surface area contributed by atoms with Crippen LogP contribution < -0.4 is 11.1 Å². The zero-order valence-corrected chi connectivity index (χ0v) is 9.82. The molecule has 1 aliphatic heterocycles. The van der Waals surface area contributed by atoms with Gasteiger partial charge < -0.3 is 15.8 Å². The van der Waals surface area contributed by atoms with Gasteiger partial charge in [-0.15, -0.1) is 0 Å². The largest absolute Gasteiger partial charge is 0.443 e. The summed E-state index contributed by atoms with van der Waals surface area (Å²) in [6, 6.07) is 0.981. The number of ether oxygens (including phenoxy) is 1. The van der Waals surface area contributed by atoms with Crippen LogP contribution in [0.15, 0.2) is 0 Å². The monoisotopic (exact) mass is 227 g/mol. The maximum absolute atomic E-state index is 10.9. The van der Waals surface area contributed by atoms with E-state index in [1.807, 2.05) is 0 Å². The lowest BCUT2D eigenvalue weighted by molar-refractivity contribution is 0.0914. The van der Waals surface area contributed by atoms with E-state index in [4.69, 9.17) is 10.5 Å². The number of alkyl carbamates (subject to hydrolysis) is 1. The van der Waals surface area contributed by atoms with Gasteiger partial charge in [-0.25, -0.2) is 4.79 Å². The average Bonchev–Trinajstić information content (AvgIpc) is 2.65. The van der Waals surface area contributed by atoms with Crippen molar-refractivity contribution in [2.24, 2.45) is 5.73 Å². The highest BCUT2D eigenvalue weighted by Crippen LogP contribution is 2.21. The summed E-state index contributed by atoms with van der Waals surface area (Å²) in [5, 5.41) is 2.68. The average molecular weight is 227 g/mol. The lowest BCUT2D eigenvalue weighted by atomic mass is 9.91. The first kappa shape index (κ1) is 11.7. The van der Waals surface area contributed by atoms with Crippen LogP contribution in [0.4, 0.5) is 4.79 Å². The number of hydrogen-bond acceptors (Lipinski definition) is 4. The van der Waals surface area contributed by atoms with Gasteiger partial charge >= 0.3 is 6.09 Å². The fraction of sp³-hybridized carbons (Fsp3) is 0.909. The van der Waals surface area contributed by atoms with Gasteiger partial charge in [-0.1, -0.05) is 0 Å². The number of carbonyl (C=O) groups excluding carboxylic acids is 1. The molecular weight excluding hydrogens is 206 g/mol. The number of nitrogens with zero attached hydrogens (tertiary/aromatic N) is 1. The summed E-state index contributed by atoms with van der Waals surface area (Å²) in [6.07, 6.45) is 4.25. The van der Waals surface area contributed by atoms with Crippen molar-refractivity contribution >= 4 is 6.09 Å². The zero-order chi connectivity index (χ0) is 11.5. The van der Waals surface area contributed by atoms with Gasteiger partial charge in [0.25, 0.3) is 0 Å². The number of nitrogens with one attached hydrogen (secondary N) is 1. The summed E-state index contributed by atoms with van der Waals surface area (Å²) in [5.74, 6) is 0. The van der Waals surface area contributed by atoms with Crippen LogP contribution >= 0.6 is 0 Å².